The number of benzene rings is 2. The van der Waals surface area contributed by atoms with E-state index in [2.05, 4.69) is 5.32 Å². The van der Waals surface area contributed by atoms with Crippen LogP contribution in [-0.4, -0.2) is 23.9 Å². The number of fused-ring (bicyclic) bond motifs is 1. The van der Waals surface area contributed by atoms with Crippen LogP contribution >= 0.6 is 11.8 Å². The molecule has 3 rings (SSSR count). The fourth-order valence-electron chi connectivity index (χ4n) is 2.51. The Morgan fingerprint density at radius 2 is 2.10 bits per heavy atom. The van der Waals surface area contributed by atoms with E-state index in [1.807, 2.05) is 42.7 Å². The fraction of sp³-hybridized carbons (Fsp3) is 0.188. The highest BCUT2D eigenvalue weighted by Gasteiger charge is 2.25. The van der Waals surface area contributed by atoms with Gasteiger partial charge < -0.3 is 15.2 Å². The first kappa shape index (κ1) is 13.8. The van der Waals surface area contributed by atoms with Crippen molar-refractivity contribution < 1.29 is 14.6 Å². The molecule has 0 aliphatic carbocycles. The van der Waals surface area contributed by atoms with Gasteiger partial charge in [-0.05, 0) is 24.5 Å². The van der Waals surface area contributed by atoms with Crippen molar-refractivity contribution in [3.05, 3.63) is 53.6 Å². The summed E-state index contributed by atoms with van der Waals surface area (Å²) in [7, 11) is 0. The lowest BCUT2D eigenvalue weighted by atomic mass is 10.1. The monoisotopic (exact) mass is 301 g/mol. The molecule has 4 nitrogen and oxygen atoms in total. The summed E-state index contributed by atoms with van der Waals surface area (Å²) in [5, 5.41) is 12.8. The molecule has 1 aliphatic rings. The molecule has 108 valence electrons. The van der Waals surface area contributed by atoms with Crippen LogP contribution in [0.1, 0.15) is 22.0 Å². The standard InChI is InChI=1S/C16H15NO3S/c1-21-14-8-4-6-11(15(14)16(18)19)17-12-9-20-13-7-3-2-5-10(12)13/h2-8,12,17H,9H2,1H3,(H,18,19). The van der Waals surface area contributed by atoms with Gasteiger partial charge in [-0.3, -0.25) is 0 Å². The summed E-state index contributed by atoms with van der Waals surface area (Å²) in [6.07, 6.45) is 1.87. The van der Waals surface area contributed by atoms with Crippen LogP contribution in [0.3, 0.4) is 0 Å². The van der Waals surface area contributed by atoms with E-state index in [1.54, 1.807) is 6.07 Å². The Hall–Kier alpha value is -2.14. The third-order valence-corrected chi connectivity index (χ3v) is 4.27. The number of hydrogen-bond acceptors (Lipinski definition) is 4. The van der Waals surface area contributed by atoms with Crippen LogP contribution < -0.4 is 10.1 Å². The molecule has 2 N–H and O–H groups in total. The summed E-state index contributed by atoms with van der Waals surface area (Å²) in [5.74, 6) is -0.0671. The molecule has 2 aromatic carbocycles. The van der Waals surface area contributed by atoms with Crippen LogP contribution in [-0.2, 0) is 0 Å². The van der Waals surface area contributed by atoms with E-state index in [4.69, 9.17) is 4.74 Å². The first-order chi connectivity index (χ1) is 10.2. The second-order valence-electron chi connectivity index (χ2n) is 4.73. The topological polar surface area (TPSA) is 58.6 Å². The lowest BCUT2D eigenvalue weighted by Gasteiger charge is -2.16. The van der Waals surface area contributed by atoms with Gasteiger partial charge in [0, 0.05) is 10.5 Å². The second-order valence-corrected chi connectivity index (χ2v) is 5.58. The maximum absolute atomic E-state index is 11.5. The number of rotatable bonds is 4. The van der Waals surface area contributed by atoms with E-state index in [-0.39, 0.29) is 6.04 Å². The van der Waals surface area contributed by atoms with Gasteiger partial charge in [0.15, 0.2) is 0 Å². The van der Waals surface area contributed by atoms with E-state index in [0.29, 0.717) is 17.9 Å². The van der Waals surface area contributed by atoms with Crippen LogP contribution in [0.5, 0.6) is 5.75 Å². The average Bonchev–Trinajstić information content (AvgIpc) is 2.90. The number of carboxylic acid groups (broad SMARTS) is 1. The zero-order chi connectivity index (χ0) is 14.8. The van der Waals surface area contributed by atoms with Crippen molar-refractivity contribution in [3.63, 3.8) is 0 Å². The number of thioether (sulfide) groups is 1. The first-order valence-electron chi connectivity index (χ1n) is 6.59. The molecular formula is C16H15NO3S. The quantitative estimate of drug-likeness (QED) is 0.844. The van der Waals surface area contributed by atoms with E-state index < -0.39 is 5.97 Å². The highest BCUT2D eigenvalue weighted by atomic mass is 32.2. The molecular weight excluding hydrogens is 286 g/mol. The number of carboxylic acids is 1. The van der Waals surface area contributed by atoms with Gasteiger partial charge in [-0.2, -0.15) is 0 Å². The summed E-state index contributed by atoms with van der Waals surface area (Å²) in [5.41, 5.74) is 2.00. The molecule has 21 heavy (non-hydrogen) atoms. The molecule has 0 saturated heterocycles. The number of aromatic carboxylic acids is 1. The SMILES string of the molecule is CSc1cccc(NC2COc3ccccc32)c1C(=O)O. The van der Waals surface area contributed by atoms with Gasteiger partial charge in [0.1, 0.15) is 12.4 Å². The number of hydrogen-bond donors (Lipinski definition) is 2. The van der Waals surface area contributed by atoms with Crippen molar-refractivity contribution >= 4 is 23.4 Å². The molecule has 0 amide bonds. The molecule has 0 fully saturated rings. The Morgan fingerprint density at radius 3 is 2.86 bits per heavy atom. The van der Waals surface area contributed by atoms with Gasteiger partial charge in [0.2, 0.25) is 0 Å². The first-order valence-corrected chi connectivity index (χ1v) is 7.81. The fourth-order valence-corrected chi connectivity index (χ4v) is 3.13. The van der Waals surface area contributed by atoms with Crippen LogP contribution in [0.4, 0.5) is 5.69 Å². The largest absolute Gasteiger partial charge is 0.491 e. The molecule has 1 unspecified atom stereocenters. The van der Waals surface area contributed by atoms with E-state index in [9.17, 15) is 9.90 Å². The number of carbonyl (C=O) groups is 1. The van der Waals surface area contributed by atoms with Gasteiger partial charge in [-0.25, -0.2) is 4.79 Å². The van der Waals surface area contributed by atoms with Gasteiger partial charge in [-0.1, -0.05) is 24.3 Å². The number of ether oxygens (including phenoxy) is 1. The summed E-state index contributed by atoms with van der Waals surface area (Å²) in [4.78, 5) is 12.3. The molecule has 1 heterocycles. The lowest BCUT2D eigenvalue weighted by Crippen LogP contribution is -2.15. The van der Waals surface area contributed by atoms with E-state index >= 15 is 0 Å². The molecule has 2 aromatic rings. The molecule has 1 atom stereocenters. The maximum atomic E-state index is 11.5. The molecule has 0 aromatic heterocycles. The Kier molecular flexibility index (Phi) is 3.75. The van der Waals surface area contributed by atoms with Crippen LogP contribution in [0.25, 0.3) is 0 Å². The van der Waals surface area contributed by atoms with Gasteiger partial charge in [0.25, 0.3) is 0 Å². The van der Waals surface area contributed by atoms with E-state index in [1.165, 1.54) is 11.8 Å². The number of nitrogens with one attached hydrogen (secondary N) is 1. The Morgan fingerprint density at radius 1 is 1.29 bits per heavy atom. The number of anilines is 1. The predicted molar refractivity (Wildman–Crippen MR) is 83.5 cm³/mol. The summed E-state index contributed by atoms with van der Waals surface area (Å²) < 4.78 is 5.63. The molecule has 0 saturated carbocycles. The van der Waals surface area contributed by atoms with Crippen LogP contribution in [0.2, 0.25) is 0 Å². The molecule has 1 aliphatic heterocycles. The van der Waals surface area contributed by atoms with Gasteiger partial charge in [-0.15, -0.1) is 11.8 Å². The zero-order valence-corrected chi connectivity index (χ0v) is 12.3. The third kappa shape index (κ3) is 2.56. The normalized spacial score (nSPS) is 16.1. The van der Waals surface area contributed by atoms with E-state index in [0.717, 1.165) is 16.2 Å². The second kappa shape index (κ2) is 5.69. The van der Waals surface area contributed by atoms with Crippen LogP contribution in [0, 0.1) is 0 Å². The molecule has 0 radical (unpaired) electrons. The smallest absolute Gasteiger partial charge is 0.338 e. The molecule has 0 spiro atoms. The molecule has 5 heteroatoms. The predicted octanol–water partition coefficient (Wildman–Crippen LogP) is 3.65. The zero-order valence-electron chi connectivity index (χ0n) is 11.5. The third-order valence-electron chi connectivity index (χ3n) is 3.49. The summed E-state index contributed by atoms with van der Waals surface area (Å²) in [6.45, 7) is 0.502. The van der Waals surface area contributed by atoms with Crippen LogP contribution in [0.15, 0.2) is 47.4 Å². The summed E-state index contributed by atoms with van der Waals surface area (Å²) in [6, 6.07) is 13.3. The Labute approximate surface area is 127 Å². The van der Waals surface area contributed by atoms with Crippen molar-refractivity contribution in [1.29, 1.82) is 0 Å². The van der Waals surface area contributed by atoms with Gasteiger partial charge in [0.05, 0.1) is 17.3 Å². The average molecular weight is 301 g/mol. The van der Waals surface area contributed by atoms with Crippen molar-refractivity contribution in [2.45, 2.75) is 10.9 Å². The minimum absolute atomic E-state index is 0.0311. The minimum Gasteiger partial charge on any atom is -0.491 e. The van der Waals surface area contributed by atoms with Crippen molar-refractivity contribution in [2.24, 2.45) is 0 Å². The summed E-state index contributed by atoms with van der Waals surface area (Å²) >= 11 is 1.43. The minimum atomic E-state index is -0.922. The highest BCUT2D eigenvalue weighted by Crippen LogP contribution is 2.36. The maximum Gasteiger partial charge on any atom is 0.338 e. The number of para-hydroxylation sites is 1. The lowest BCUT2D eigenvalue weighted by molar-refractivity contribution is 0.0694. The highest BCUT2D eigenvalue weighted by molar-refractivity contribution is 7.98. The van der Waals surface area contributed by atoms with Crippen molar-refractivity contribution in [3.8, 4) is 5.75 Å². The van der Waals surface area contributed by atoms with Gasteiger partial charge >= 0.3 is 5.97 Å². The van der Waals surface area contributed by atoms with Crippen molar-refractivity contribution in [2.75, 3.05) is 18.2 Å². The van der Waals surface area contributed by atoms with Crippen molar-refractivity contribution in [1.82, 2.24) is 0 Å². The Bertz CT molecular complexity index is 687. The Balaban J connectivity index is 1.95. The molecule has 0 bridgehead atoms.